The van der Waals surface area contributed by atoms with Gasteiger partial charge < -0.3 is 9.66 Å². The quantitative estimate of drug-likeness (QED) is 0.377. The first-order chi connectivity index (χ1) is 16.7. The van der Waals surface area contributed by atoms with E-state index in [1.165, 1.54) is 19.1 Å². The van der Waals surface area contributed by atoms with Crippen molar-refractivity contribution in [2.45, 2.75) is 45.9 Å². The van der Waals surface area contributed by atoms with Crippen molar-refractivity contribution in [1.82, 2.24) is 0 Å². The van der Waals surface area contributed by atoms with E-state index in [1.807, 2.05) is 13.8 Å². The fourth-order valence-corrected chi connectivity index (χ4v) is 5.81. The molecular weight excluding hydrogens is 635 g/mol. The van der Waals surface area contributed by atoms with E-state index in [0.717, 1.165) is 0 Å². The van der Waals surface area contributed by atoms with Crippen molar-refractivity contribution < 1.29 is 57.2 Å². The molecule has 10 heteroatoms. The molecule has 190 valence electrons. The van der Waals surface area contributed by atoms with E-state index in [0.29, 0.717) is 47.9 Å². The molecule has 0 aromatic heterocycles. The van der Waals surface area contributed by atoms with Gasteiger partial charge in [0.15, 0.2) is 5.78 Å². The average molecular weight is 660 g/mol. The van der Waals surface area contributed by atoms with Gasteiger partial charge in [0.2, 0.25) is 0 Å². The summed E-state index contributed by atoms with van der Waals surface area (Å²) < 4.78 is 37.6. The van der Waals surface area contributed by atoms with Gasteiger partial charge in [0, 0.05) is 23.1 Å². The number of benzene rings is 2. The summed E-state index contributed by atoms with van der Waals surface area (Å²) in [6, 6.07) is 7.51. The number of carbonyl (C=O) groups excluding carboxylic acids is 2. The zero-order valence-corrected chi connectivity index (χ0v) is 27.4. The Bertz CT molecular complexity index is 1500. The van der Waals surface area contributed by atoms with Gasteiger partial charge in [0.05, 0.1) is 13.9 Å². The van der Waals surface area contributed by atoms with E-state index in [1.54, 1.807) is 38.1 Å². The molecule has 0 amide bonds. The van der Waals surface area contributed by atoms with Crippen LogP contribution in [0, 0.1) is 12.8 Å². The summed E-state index contributed by atoms with van der Waals surface area (Å²) in [6.07, 6.45) is 1.67. The van der Waals surface area contributed by atoms with E-state index < -0.39 is 15.0 Å². The van der Waals surface area contributed by atoms with Gasteiger partial charge in [-0.3, -0.25) is 9.59 Å². The van der Waals surface area contributed by atoms with E-state index in [9.17, 15) is 27.7 Å². The second-order valence-corrected chi connectivity index (χ2v) is 11.9. The number of phenols is 1. The van der Waals surface area contributed by atoms with Crippen molar-refractivity contribution in [3.05, 3.63) is 84.3 Å². The molecule has 0 heterocycles. The fourth-order valence-electron chi connectivity index (χ4n) is 4.21. The van der Waals surface area contributed by atoms with Crippen molar-refractivity contribution in [2.24, 2.45) is 5.92 Å². The predicted octanol–water partition coefficient (Wildman–Crippen LogP) is 3.14. The van der Waals surface area contributed by atoms with Crippen LogP contribution >= 0.6 is 31.9 Å². The second kappa shape index (κ2) is 12.2. The Kier molecular flexibility index (Phi) is 10.5. The van der Waals surface area contributed by atoms with Crippen LogP contribution in [0.1, 0.15) is 49.9 Å². The Morgan fingerprint density at radius 1 is 1.11 bits per heavy atom. The molecule has 0 unspecified atom stereocenters. The van der Waals surface area contributed by atoms with Crippen LogP contribution in [0.4, 0.5) is 0 Å². The molecule has 2 aromatic carbocycles. The van der Waals surface area contributed by atoms with Crippen LogP contribution < -0.4 is 29.6 Å². The monoisotopic (exact) mass is 658 g/mol. The molecule has 1 N–H and O–H groups in total. The second-order valence-electron chi connectivity index (χ2n) is 9.01. The number of hydrogen-bond donors (Lipinski definition) is 1. The van der Waals surface area contributed by atoms with Crippen LogP contribution in [0.2, 0.25) is 0 Å². The first-order valence-corrected chi connectivity index (χ1v) is 14.1. The van der Waals surface area contributed by atoms with Crippen LogP contribution in [-0.2, 0) is 26.1 Å². The number of ketones is 2. The van der Waals surface area contributed by atoms with Crippen molar-refractivity contribution in [2.75, 3.05) is 0 Å². The van der Waals surface area contributed by atoms with Crippen molar-refractivity contribution in [3.63, 3.8) is 0 Å². The summed E-state index contributed by atoms with van der Waals surface area (Å²) in [5.41, 5.74) is 3.61. The zero-order chi connectivity index (χ0) is 27.1. The molecule has 0 saturated heterocycles. The van der Waals surface area contributed by atoms with Gasteiger partial charge in [0.25, 0.3) is 0 Å². The van der Waals surface area contributed by atoms with Crippen molar-refractivity contribution in [3.8, 4) is 5.75 Å². The first kappa shape index (κ1) is 31.9. The summed E-state index contributed by atoms with van der Waals surface area (Å²) in [7, 11) is -4.87. The Labute approximate surface area is 256 Å². The summed E-state index contributed by atoms with van der Waals surface area (Å²) in [5.74, 6) is -0.566. The molecule has 2 aromatic rings. The number of hydrogen-bond acceptors (Lipinski definition) is 6. The van der Waals surface area contributed by atoms with Crippen LogP contribution in [0.3, 0.4) is 0 Å². The van der Waals surface area contributed by atoms with Gasteiger partial charge in [-0.2, -0.15) is 0 Å². The molecule has 0 aliphatic heterocycles. The molecule has 0 atom stereocenters. The summed E-state index contributed by atoms with van der Waals surface area (Å²) in [5, 5.41) is 10.7. The van der Waals surface area contributed by atoms with Gasteiger partial charge in [0.1, 0.15) is 21.7 Å². The van der Waals surface area contributed by atoms with Gasteiger partial charge >= 0.3 is 29.6 Å². The number of phenolic OH excluding ortho intramolecular Hbond substituents is 1. The summed E-state index contributed by atoms with van der Waals surface area (Å²) in [4.78, 5) is 24.5. The smallest absolute Gasteiger partial charge is 0.744 e. The van der Waals surface area contributed by atoms with Crippen LogP contribution in [0.5, 0.6) is 5.75 Å². The average Bonchev–Trinajstić information content (AvgIpc) is 2.79. The maximum absolute atomic E-state index is 13.0. The third kappa shape index (κ3) is 6.46. The molecule has 0 bridgehead atoms. The Morgan fingerprint density at radius 2 is 1.70 bits per heavy atom. The fraction of sp³-hybridized carbons (Fsp3) is 0.259. The zero-order valence-electron chi connectivity index (χ0n) is 21.4. The predicted molar refractivity (Wildman–Crippen MR) is 145 cm³/mol. The van der Waals surface area contributed by atoms with E-state index in [-0.39, 0.29) is 64.8 Å². The molecular formula is C27H25Br2NaO6S. The molecule has 0 spiro atoms. The maximum atomic E-state index is 13.0. The molecule has 1 aliphatic rings. The Morgan fingerprint density at radius 3 is 2.24 bits per heavy atom. The normalized spacial score (nSPS) is 15.5. The minimum atomic E-state index is -4.87. The maximum Gasteiger partial charge on any atom is 1.00 e. The molecule has 0 fully saturated rings. The molecule has 0 saturated carbocycles. The van der Waals surface area contributed by atoms with E-state index >= 15 is 0 Å². The van der Waals surface area contributed by atoms with Gasteiger partial charge in [-0.05, 0) is 105 Å². The van der Waals surface area contributed by atoms with Gasteiger partial charge in [-0.25, -0.2) is 8.42 Å². The first-order valence-electron chi connectivity index (χ1n) is 11.1. The molecule has 0 radical (unpaired) electrons. The van der Waals surface area contributed by atoms with Crippen LogP contribution in [0.15, 0.2) is 67.0 Å². The van der Waals surface area contributed by atoms with E-state index in [4.69, 9.17) is 0 Å². The summed E-state index contributed by atoms with van der Waals surface area (Å²) in [6.45, 7) is 8.64. The Hall–Kier alpha value is -1.33. The number of carbonyl (C=O) groups is 2. The minimum absolute atomic E-state index is 0. The number of aromatic hydroxyl groups is 1. The Balaban J connectivity index is 0.00000481. The third-order valence-corrected chi connectivity index (χ3v) is 8.90. The SMILES string of the molecule is CC(=O)Cc1cc(C(=C2C=C(C(C)C)C(=O)C(Br)=C2C)c2ccccc2S(=O)(=O)[O-])c(C)c(Br)c1O.[Na+]. The van der Waals surface area contributed by atoms with Gasteiger partial charge in [-0.15, -0.1) is 0 Å². The van der Waals surface area contributed by atoms with Gasteiger partial charge in [-0.1, -0.05) is 32.0 Å². The third-order valence-electron chi connectivity index (χ3n) is 6.08. The molecule has 6 nitrogen and oxygen atoms in total. The molecule has 1 aliphatic carbocycles. The van der Waals surface area contributed by atoms with Crippen LogP contribution in [0.25, 0.3) is 5.57 Å². The number of Topliss-reactive ketones (excluding diaryl/α,β-unsaturated/α-hetero) is 2. The van der Waals surface area contributed by atoms with Crippen LogP contribution in [-0.4, -0.2) is 29.6 Å². The largest absolute Gasteiger partial charge is 1.00 e. The molecule has 3 rings (SSSR count). The van der Waals surface area contributed by atoms with Crippen molar-refractivity contribution >= 4 is 59.1 Å². The molecule has 37 heavy (non-hydrogen) atoms. The minimum Gasteiger partial charge on any atom is -0.744 e. The topological polar surface area (TPSA) is 112 Å². The summed E-state index contributed by atoms with van der Waals surface area (Å²) >= 11 is 6.82. The van der Waals surface area contributed by atoms with E-state index in [2.05, 4.69) is 31.9 Å². The number of allylic oxidation sites excluding steroid dienone is 5. The van der Waals surface area contributed by atoms with Crippen molar-refractivity contribution in [1.29, 1.82) is 0 Å². The number of rotatable bonds is 6. The number of halogens is 2. The standard InChI is InChI=1S/C27H26Br2O6S.Na/c1-13(2)19-12-21(16(5)25(29)27(19)32)23(18-8-6-7-9-22(18)36(33,34)35)20-11-17(10-14(3)30)26(31)24(28)15(20)4;/h6-9,11-13,31H,10H2,1-5H3,(H,33,34,35);/q;+1/p-1.